The molecule has 1 heterocycles. The molecular formula is C21H30BrClNO2+. The van der Waals surface area contributed by atoms with Crippen LogP contribution in [0.25, 0.3) is 0 Å². The number of hydrogen-bond acceptors (Lipinski definition) is 2. The Bertz CT molecular complexity index is 725. The second-order valence-corrected chi connectivity index (χ2v) is 9.01. The quantitative estimate of drug-likeness (QED) is 0.323. The van der Waals surface area contributed by atoms with Gasteiger partial charge in [0.2, 0.25) is 0 Å². The Labute approximate surface area is 171 Å². The van der Waals surface area contributed by atoms with E-state index in [0.29, 0.717) is 12.5 Å². The summed E-state index contributed by atoms with van der Waals surface area (Å²) in [5.41, 5.74) is 2.24. The lowest BCUT2D eigenvalue weighted by Gasteiger charge is -2.28. The van der Waals surface area contributed by atoms with Crippen LogP contribution in [0.15, 0.2) is 33.4 Å². The first-order valence-electron chi connectivity index (χ1n) is 9.17. The van der Waals surface area contributed by atoms with Crippen LogP contribution in [0.1, 0.15) is 49.5 Å². The van der Waals surface area contributed by atoms with Gasteiger partial charge in [0.15, 0.2) is 10.4 Å². The molecule has 144 valence electrons. The normalized spacial score (nSPS) is 12.0. The molecule has 0 radical (unpaired) electrons. The zero-order valence-corrected chi connectivity index (χ0v) is 18.8. The van der Waals surface area contributed by atoms with Gasteiger partial charge in [-0.25, -0.2) is 0 Å². The number of unbranched alkanes of at least 4 members (excludes halogenated alkanes) is 1. The van der Waals surface area contributed by atoms with Crippen LogP contribution in [0, 0.1) is 6.92 Å². The first kappa shape index (κ1) is 21.3. The number of ether oxygens (including phenoxy) is 1. The highest BCUT2D eigenvalue weighted by Gasteiger charge is 2.18. The number of furan rings is 1. The predicted octanol–water partition coefficient (Wildman–Crippen LogP) is 6.56. The molecule has 0 N–H and O–H groups in total. The second kappa shape index (κ2) is 9.29. The van der Waals surface area contributed by atoms with Crippen LogP contribution in [0.4, 0.5) is 0 Å². The minimum atomic E-state index is 0.395. The molecule has 0 amide bonds. The third-order valence-electron chi connectivity index (χ3n) is 4.56. The molecule has 26 heavy (non-hydrogen) atoms. The molecule has 5 heteroatoms. The molecule has 2 rings (SSSR count). The van der Waals surface area contributed by atoms with Crippen molar-refractivity contribution in [3.63, 3.8) is 0 Å². The molecule has 0 unspecified atom stereocenters. The van der Waals surface area contributed by atoms with Crippen LogP contribution in [-0.4, -0.2) is 31.7 Å². The monoisotopic (exact) mass is 442 g/mol. The van der Waals surface area contributed by atoms with Gasteiger partial charge in [0.1, 0.15) is 12.3 Å². The van der Waals surface area contributed by atoms with Gasteiger partial charge in [-0.2, -0.15) is 0 Å². The topological polar surface area (TPSA) is 22.4 Å². The number of hydrogen-bond donors (Lipinski definition) is 0. The Morgan fingerprint density at radius 3 is 2.50 bits per heavy atom. The fourth-order valence-corrected chi connectivity index (χ4v) is 3.59. The lowest BCUT2D eigenvalue weighted by molar-refractivity contribution is -0.904. The summed E-state index contributed by atoms with van der Waals surface area (Å²) < 4.78 is 13.4. The molecule has 1 aromatic heterocycles. The number of rotatable bonds is 9. The molecule has 0 saturated carbocycles. The number of halogens is 2. The summed E-state index contributed by atoms with van der Waals surface area (Å²) in [6, 6.07) is 8.17. The SMILES string of the molecule is Cc1ccc(C(C)C)c(OCCCC[N+](C)(C)Cc2ccc(Br)o2)c1Cl. The Hall–Kier alpha value is -0.970. The van der Waals surface area contributed by atoms with E-state index in [-0.39, 0.29) is 0 Å². The van der Waals surface area contributed by atoms with Gasteiger partial charge in [-0.3, -0.25) is 0 Å². The largest absolute Gasteiger partial charge is 0.492 e. The van der Waals surface area contributed by atoms with Crippen LogP contribution in [0.3, 0.4) is 0 Å². The van der Waals surface area contributed by atoms with E-state index in [1.807, 2.05) is 19.1 Å². The van der Waals surface area contributed by atoms with Gasteiger partial charge in [0, 0.05) is 0 Å². The van der Waals surface area contributed by atoms with Crippen molar-refractivity contribution in [3.05, 3.63) is 50.8 Å². The third kappa shape index (κ3) is 6.04. The molecule has 2 aromatic rings. The maximum atomic E-state index is 6.48. The van der Waals surface area contributed by atoms with Crippen molar-refractivity contribution in [2.75, 3.05) is 27.2 Å². The minimum absolute atomic E-state index is 0.395. The Balaban J connectivity index is 1.83. The summed E-state index contributed by atoms with van der Waals surface area (Å²) in [6.45, 7) is 9.00. The molecule has 0 aliphatic carbocycles. The summed E-state index contributed by atoms with van der Waals surface area (Å²) >= 11 is 9.84. The van der Waals surface area contributed by atoms with E-state index in [4.69, 9.17) is 20.8 Å². The van der Waals surface area contributed by atoms with Crippen molar-refractivity contribution in [1.29, 1.82) is 0 Å². The second-order valence-electron chi connectivity index (χ2n) is 7.85. The predicted molar refractivity (Wildman–Crippen MR) is 112 cm³/mol. The average Bonchev–Trinajstić information content (AvgIpc) is 2.94. The van der Waals surface area contributed by atoms with Gasteiger partial charge in [0.25, 0.3) is 0 Å². The summed E-state index contributed by atoms with van der Waals surface area (Å²) in [4.78, 5) is 0. The molecule has 0 fully saturated rings. The molecule has 1 aromatic carbocycles. The van der Waals surface area contributed by atoms with E-state index in [2.05, 4.69) is 56.0 Å². The number of benzene rings is 1. The van der Waals surface area contributed by atoms with Gasteiger partial charge in [-0.1, -0.05) is 37.6 Å². The lowest BCUT2D eigenvalue weighted by atomic mass is 10.0. The molecule has 0 saturated heterocycles. The Kier molecular flexibility index (Phi) is 7.63. The van der Waals surface area contributed by atoms with Gasteiger partial charge in [0.05, 0.1) is 32.3 Å². The maximum absolute atomic E-state index is 6.48. The first-order valence-corrected chi connectivity index (χ1v) is 10.3. The zero-order valence-electron chi connectivity index (χ0n) is 16.4. The standard InChI is InChI=1S/C21H30BrClNO2/c1-15(2)18-10-8-16(3)20(23)21(18)25-13-7-6-12-24(4,5)14-17-9-11-19(22)26-17/h8-11,15H,6-7,12-14H2,1-5H3/q+1. The van der Waals surface area contributed by atoms with Crippen LogP contribution in [0.2, 0.25) is 5.02 Å². The van der Waals surface area contributed by atoms with Crippen molar-refractivity contribution in [3.8, 4) is 5.75 Å². The van der Waals surface area contributed by atoms with Gasteiger partial charge in [-0.15, -0.1) is 0 Å². The zero-order chi connectivity index (χ0) is 19.3. The smallest absolute Gasteiger partial charge is 0.169 e. The van der Waals surface area contributed by atoms with Gasteiger partial charge < -0.3 is 13.6 Å². The summed E-state index contributed by atoms with van der Waals surface area (Å²) in [6.07, 6.45) is 2.10. The molecule has 3 nitrogen and oxygen atoms in total. The molecule has 0 atom stereocenters. The van der Waals surface area contributed by atoms with Gasteiger partial charge >= 0.3 is 0 Å². The van der Waals surface area contributed by atoms with E-state index in [0.717, 1.165) is 57.2 Å². The average molecular weight is 444 g/mol. The van der Waals surface area contributed by atoms with Crippen LogP contribution >= 0.6 is 27.5 Å². The Morgan fingerprint density at radius 1 is 1.15 bits per heavy atom. The van der Waals surface area contributed by atoms with Crippen molar-refractivity contribution < 1.29 is 13.6 Å². The molecule has 0 spiro atoms. The highest BCUT2D eigenvalue weighted by atomic mass is 79.9. The summed E-state index contributed by atoms with van der Waals surface area (Å²) in [5, 5.41) is 0.746. The molecule has 0 aliphatic rings. The fourth-order valence-electron chi connectivity index (χ4n) is 3.02. The fraction of sp³-hybridized carbons (Fsp3) is 0.524. The molecule has 0 bridgehead atoms. The minimum Gasteiger partial charge on any atom is -0.492 e. The van der Waals surface area contributed by atoms with Crippen molar-refractivity contribution in [2.45, 2.75) is 46.1 Å². The highest BCUT2D eigenvalue weighted by molar-refractivity contribution is 9.10. The molecular weight excluding hydrogens is 414 g/mol. The Morgan fingerprint density at radius 2 is 1.88 bits per heavy atom. The van der Waals surface area contributed by atoms with Gasteiger partial charge in [-0.05, 0) is 64.9 Å². The van der Waals surface area contributed by atoms with E-state index < -0.39 is 0 Å². The summed E-state index contributed by atoms with van der Waals surface area (Å²) in [7, 11) is 4.46. The van der Waals surface area contributed by atoms with E-state index in [9.17, 15) is 0 Å². The maximum Gasteiger partial charge on any atom is 0.169 e. The van der Waals surface area contributed by atoms with Crippen LogP contribution in [-0.2, 0) is 6.54 Å². The lowest BCUT2D eigenvalue weighted by Crippen LogP contribution is -2.39. The van der Waals surface area contributed by atoms with Crippen molar-refractivity contribution >= 4 is 27.5 Å². The first-order chi connectivity index (χ1) is 12.2. The molecule has 0 aliphatic heterocycles. The van der Waals surface area contributed by atoms with Crippen molar-refractivity contribution in [2.24, 2.45) is 0 Å². The number of nitrogens with zero attached hydrogens (tertiary/aromatic N) is 1. The van der Waals surface area contributed by atoms with E-state index >= 15 is 0 Å². The number of aryl methyl sites for hydroxylation is 1. The number of quaternary nitrogens is 1. The third-order valence-corrected chi connectivity index (χ3v) is 5.46. The van der Waals surface area contributed by atoms with Crippen LogP contribution in [0.5, 0.6) is 5.75 Å². The van der Waals surface area contributed by atoms with E-state index in [1.54, 1.807) is 0 Å². The van der Waals surface area contributed by atoms with Crippen LogP contribution < -0.4 is 4.74 Å². The highest BCUT2D eigenvalue weighted by Crippen LogP contribution is 2.36. The van der Waals surface area contributed by atoms with Crippen molar-refractivity contribution in [1.82, 2.24) is 0 Å². The summed E-state index contributed by atoms with van der Waals surface area (Å²) in [5.74, 6) is 2.26. The van der Waals surface area contributed by atoms with E-state index in [1.165, 1.54) is 5.56 Å².